The highest BCUT2D eigenvalue weighted by Crippen LogP contribution is 2.27. The Hall–Kier alpha value is -1.13. The first kappa shape index (κ1) is 12.9. The van der Waals surface area contributed by atoms with Crippen LogP contribution < -0.4 is 5.32 Å². The summed E-state index contributed by atoms with van der Waals surface area (Å²) in [5.41, 5.74) is 3.80. The monoisotopic (exact) mass is 319 g/mol. The average molecular weight is 320 g/mol. The summed E-state index contributed by atoms with van der Waals surface area (Å²) in [7, 11) is 0. The lowest BCUT2D eigenvalue weighted by molar-refractivity contribution is 0.451. The van der Waals surface area contributed by atoms with Gasteiger partial charge in [-0.2, -0.15) is 0 Å². The summed E-state index contributed by atoms with van der Waals surface area (Å²) >= 11 is 3.56. The van der Waals surface area contributed by atoms with Crippen LogP contribution in [-0.4, -0.2) is 22.6 Å². The molecule has 1 unspecified atom stereocenters. The molecule has 1 aromatic carbocycles. The summed E-state index contributed by atoms with van der Waals surface area (Å²) in [6.45, 7) is 4.34. The highest BCUT2D eigenvalue weighted by molar-refractivity contribution is 9.10. The van der Waals surface area contributed by atoms with Gasteiger partial charge in [0.2, 0.25) is 0 Å². The van der Waals surface area contributed by atoms with Gasteiger partial charge in [0.15, 0.2) is 0 Å². The van der Waals surface area contributed by atoms with Gasteiger partial charge in [0.05, 0.1) is 12.0 Å². The Morgan fingerprint density at radius 2 is 2.32 bits per heavy atom. The van der Waals surface area contributed by atoms with Crippen molar-refractivity contribution in [1.82, 2.24) is 14.9 Å². The minimum absolute atomic E-state index is 0.564. The molecule has 2 aromatic rings. The van der Waals surface area contributed by atoms with Crippen molar-refractivity contribution in [3.63, 3.8) is 0 Å². The zero-order valence-corrected chi connectivity index (χ0v) is 12.7. The van der Waals surface area contributed by atoms with E-state index in [0.29, 0.717) is 5.92 Å². The van der Waals surface area contributed by atoms with Crippen LogP contribution in [0.5, 0.6) is 0 Å². The highest BCUT2D eigenvalue weighted by Gasteiger charge is 2.19. The van der Waals surface area contributed by atoms with Crippen molar-refractivity contribution >= 4 is 15.9 Å². The minimum Gasteiger partial charge on any atom is -0.316 e. The van der Waals surface area contributed by atoms with E-state index < -0.39 is 0 Å². The van der Waals surface area contributed by atoms with E-state index in [0.717, 1.165) is 17.6 Å². The lowest BCUT2D eigenvalue weighted by Crippen LogP contribution is -2.29. The Balaban J connectivity index is 2.01. The number of hydrogen-bond donors (Lipinski definition) is 1. The Labute approximate surface area is 122 Å². The molecule has 1 fully saturated rings. The molecule has 1 N–H and O–H groups in total. The molecule has 0 amide bonds. The van der Waals surface area contributed by atoms with Gasteiger partial charge in [-0.25, -0.2) is 4.98 Å². The van der Waals surface area contributed by atoms with Gasteiger partial charge in [0.1, 0.15) is 0 Å². The van der Waals surface area contributed by atoms with Gasteiger partial charge < -0.3 is 9.88 Å². The molecule has 1 aliphatic heterocycles. The zero-order valence-electron chi connectivity index (χ0n) is 11.1. The molecule has 0 bridgehead atoms. The van der Waals surface area contributed by atoms with Gasteiger partial charge >= 0.3 is 0 Å². The van der Waals surface area contributed by atoms with Crippen molar-refractivity contribution in [2.24, 2.45) is 0 Å². The van der Waals surface area contributed by atoms with Crippen molar-refractivity contribution in [3.05, 3.63) is 46.5 Å². The predicted octanol–water partition coefficient (Wildman–Crippen LogP) is 3.41. The second kappa shape index (κ2) is 5.47. The Morgan fingerprint density at radius 1 is 1.42 bits per heavy atom. The minimum atomic E-state index is 0.564. The van der Waals surface area contributed by atoms with Crippen LogP contribution in [0, 0.1) is 6.92 Å². The Bertz CT molecular complexity index is 571. The summed E-state index contributed by atoms with van der Waals surface area (Å²) in [6.07, 6.45) is 6.43. The third-order valence-electron chi connectivity index (χ3n) is 3.81. The largest absolute Gasteiger partial charge is 0.316 e. The first-order valence-corrected chi connectivity index (χ1v) is 7.54. The fraction of sp³-hybridized carbons (Fsp3) is 0.400. The molecule has 3 rings (SSSR count). The lowest BCUT2D eigenvalue weighted by Gasteiger charge is -2.24. The lowest BCUT2D eigenvalue weighted by atomic mass is 9.96. The molecule has 100 valence electrons. The van der Waals surface area contributed by atoms with Crippen LogP contribution in [0.4, 0.5) is 0 Å². The number of nitrogens with zero attached hydrogens (tertiary/aromatic N) is 2. The number of rotatable bonds is 2. The van der Waals surface area contributed by atoms with Crippen LogP contribution in [0.1, 0.15) is 30.0 Å². The van der Waals surface area contributed by atoms with E-state index in [2.05, 4.69) is 55.9 Å². The SMILES string of the molecule is Cc1ccc(Br)cc1-n1cncc1C1CCCNC1. The Kier molecular flexibility index (Phi) is 3.71. The summed E-state index contributed by atoms with van der Waals surface area (Å²) in [6, 6.07) is 6.39. The second-order valence-corrected chi connectivity index (χ2v) is 6.08. The smallest absolute Gasteiger partial charge is 0.0994 e. The third kappa shape index (κ3) is 2.60. The normalized spacial score (nSPS) is 19.6. The van der Waals surface area contributed by atoms with Crippen molar-refractivity contribution in [1.29, 1.82) is 0 Å². The van der Waals surface area contributed by atoms with Gasteiger partial charge in [-0.05, 0) is 44.0 Å². The summed E-state index contributed by atoms with van der Waals surface area (Å²) in [5, 5.41) is 3.48. The number of imidazole rings is 1. The number of aryl methyl sites for hydroxylation is 1. The molecule has 19 heavy (non-hydrogen) atoms. The van der Waals surface area contributed by atoms with Crippen molar-refractivity contribution in [2.45, 2.75) is 25.7 Å². The third-order valence-corrected chi connectivity index (χ3v) is 4.31. The van der Waals surface area contributed by atoms with Crippen LogP contribution >= 0.6 is 15.9 Å². The molecular weight excluding hydrogens is 302 g/mol. The molecule has 0 saturated carbocycles. The van der Waals surface area contributed by atoms with Gasteiger partial charge in [-0.15, -0.1) is 0 Å². The van der Waals surface area contributed by atoms with E-state index in [4.69, 9.17) is 0 Å². The predicted molar refractivity (Wildman–Crippen MR) is 80.8 cm³/mol. The van der Waals surface area contributed by atoms with E-state index in [-0.39, 0.29) is 0 Å². The van der Waals surface area contributed by atoms with E-state index in [1.54, 1.807) is 0 Å². The van der Waals surface area contributed by atoms with E-state index in [1.807, 2.05) is 12.5 Å². The summed E-state index contributed by atoms with van der Waals surface area (Å²) < 4.78 is 3.34. The van der Waals surface area contributed by atoms with E-state index in [1.165, 1.54) is 29.8 Å². The maximum absolute atomic E-state index is 4.36. The average Bonchev–Trinajstić information content (AvgIpc) is 2.91. The molecule has 1 saturated heterocycles. The highest BCUT2D eigenvalue weighted by atomic mass is 79.9. The quantitative estimate of drug-likeness (QED) is 0.919. The molecule has 0 radical (unpaired) electrons. The van der Waals surface area contributed by atoms with Crippen LogP contribution in [-0.2, 0) is 0 Å². The number of piperidine rings is 1. The van der Waals surface area contributed by atoms with Crippen molar-refractivity contribution in [2.75, 3.05) is 13.1 Å². The fourth-order valence-electron chi connectivity index (χ4n) is 2.75. The second-order valence-electron chi connectivity index (χ2n) is 5.16. The van der Waals surface area contributed by atoms with E-state index in [9.17, 15) is 0 Å². The van der Waals surface area contributed by atoms with Crippen LogP contribution in [0.15, 0.2) is 35.2 Å². The maximum atomic E-state index is 4.36. The number of hydrogen-bond acceptors (Lipinski definition) is 2. The van der Waals surface area contributed by atoms with Gasteiger partial charge in [0, 0.05) is 28.8 Å². The van der Waals surface area contributed by atoms with Crippen LogP contribution in [0.25, 0.3) is 5.69 Å². The maximum Gasteiger partial charge on any atom is 0.0994 e. The number of aromatic nitrogens is 2. The number of benzene rings is 1. The topological polar surface area (TPSA) is 29.9 Å². The standard InChI is InChI=1S/C15H18BrN3/c1-11-4-5-13(16)7-14(11)19-10-18-9-15(19)12-3-2-6-17-8-12/h4-5,7,9-10,12,17H,2-3,6,8H2,1H3. The number of nitrogens with one attached hydrogen (secondary N) is 1. The van der Waals surface area contributed by atoms with E-state index >= 15 is 0 Å². The molecule has 0 spiro atoms. The Morgan fingerprint density at radius 3 is 3.11 bits per heavy atom. The van der Waals surface area contributed by atoms with Gasteiger partial charge in [0.25, 0.3) is 0 Å². The first-order valence-electron chi connectivity index (χ1n) is 6.75. The van der Waals surface area contributed by atoms with Crippen LogP contribution in [0.3, 0.4) is 0 Å². The number of halogens is 1. The molecule has 1 atom stereocenters. The van der Waals surface area contributed by atoms with Crippen molar-refractivity contribution in [3.8, 4) is 5.69 Å². The molecule has 1 aliphatic rings. The van der Waals surface area contributed by atoms with Crippen LogP contribution in [0.2, 0.25) is 0 Å². The zero-order chi connectivity index (χ0) is 13.2. The first-order chi connectivity index (χ1) is 9.25. The molecular formula is C15H18BrN3. The molecule has 4 heteroatoms. The molecule has 0 aliphatic carbocycles. The molecule has 2 heterocycles. The molecule has 1 aromatic heterocycles. The van der Waals surface area contributed by atoms with Gasteiger partial charge in [-0.3, -0.25) is 0 Å². The fourth-order valence-corrected chi connectivity index (χ4v) is 3.10. The van der Waals surface area contributed by atoms with Crippen molar-refractivity contribution < 1.29 is 0 Å². The summed E-state index contributed by atoms with van der Waals surface area (Å²) in [5.74, 6) is 0.564. The molecule has 3 nitrogen and oxygen atoms in total. The van der Waals surface area contributed by atoms with Gasteiger partial charge in [-0.1, -0.05) is 22.0 Å². The summed E-state index contributed by atoms with van der Waals surface area (Å²) in [4.78, 5) is 4.36.